The third-order valence-electron chi connectivity index (χ3n) is 3.51. The zero-order valence-electron chi connectivity index (χ0n) is 13.8. The molecule has 1 unspecified atom stereocenters. The molecular weight excluding hydrogens is 272 g/mol. The third kappa shape index (κ3) is 2.79. The highest BCUT2D eigenvalue weighted by Gasteiger charge is 2.50. The van der Waals surface area contributed by atoms with Crippen molar-refractivity contribution >= 4 is 0 Å². The Hall–Kier alpha value is -2.06. The van der Waals surface area contributed by atoms with E-state index in [-0.39, 0.29) is 5.60 Å². The molecule has 2 heterocycles. The Morgan fingerprint density at radius 1 is 1.05 bits per heavy atom. The minimum absolute atomic E-state index is 0.304. The van der Waals surface area contributed by atoms with Gasteiger partial charge in [-0.15, -0.1) is 0 Å². The average Bonchev–Trinajstić information content (AvgIpc) is 3.00. The number of rotatable bonds is 2. The van der Waals surface area contributed by atoms with Crippen molar-refractivity contribution in [1.82, 2.24) is 0 Å². The van der Waals surface area contributed by atoms with Crippen molar-refractivity contribution in [1.29, 1.82) is 0 Å². The monoisotopic (exact) mass is 296 g/mol. The van der Waals surface area contributed by atoms with Crippen molar-refractivity contribution < 1.29 is 9.47 Å². The van der Waals surface area contributed by atoms with Gasteiger partial charge in [0, 0.05) is 5.56 Å². The molecule has 0 amide bonds. The molecule has 0 aliphatic carbocycles. The number of para-hydroxylation sites is 1. The predicted octanol–water partition coefficient (Wildman–Crippen LogP) is 5.29. The largest absolute Gasteiger partial charge is 0.457 e. The lowest BCUT2D eigenvalue weighted by molar-refractivity contribution is -0.0583. The molecule has 0 N–H and O–H groups in total. The summed E-state index contributed by atoms with van der Waals surface area (Å²) >= 11 is 0. The van der Waals surface area contributed by atoms with Gasteiger partial charge in [0.05, 0.1) is 5.60 Å². The maximum atomic E-state index is 6.30. The number of benzene rings is 1. The van der Waals surface area contributed by atoms with Gasteiger partial charge in [0.2, 0.25) is 0 Å². The van der Waals surface area contributed by atoms with E-state index in [1.807, 2.05) is 50.3 Å². The molecule has 2 aliphatic rings. The van der Waals surface area contributed by atoms with E-state index in [0.29, 0.717) is 0 Å². The Balaban J connectivity index is 0.000000847. The van der Waals surface area contributed by atoms with Gasteiger partial charge in [-0.05, 0) is 32.1 Å². The Kier molecular flexibility index (Phi) is 4.72. The van der Waals surface area contributed by atoms with Crippen LogP contribution in [0, 0.1) is 0 Å². The van der Waals surface area contributed by atoms with Crippen LogP contribution in [0.3, 0.4) is 0 Å². The van der Waals surface area contributed by atoms with E-state index in [4.69, 9.17) is 9.47 Å². The molecule has 1 atom stereocenters. The molecule has 0 fully saturated rings. The normalized spacial score (nSPS) is 25.9. The van der Waals surface area contributed by atoms with Crippen molar-refractivity contribution in [2.45, 2.75) is 38.9 Å². The molecule has 116 valence electrons. The minimum Gasteiger partial charge on any atom is -0.457 e. The fraction of sp³-hybridized carbons (Fsp3) is 0.300. The number of hydrogen-bond acceptors (Lipinski definition) is 2. The SMILES string of the molecule is C=C/C=C\C=C1/Oc2ccccc2C12C=CC(C)(C)O2.CC. The van der Waals surface area contributed by atoms with Gasteiger partial charge in [-0.3, -0.25) is 0 Å². The van der Waals surface area contributed by atoms with Crippen molar-refractivity contribution in [3.8, 4) is 5.75 Å². The molecular formula is C20H24O2. The second kappa shape index (κ2) is 6.37. The van der Waals surface area contributed by atoms with Crippen LogP contribution in [-0.2, 0) is 10.3 Å². The van der Waals surface area contributed by atoms with Crippen LogP contribution < -0.4 is 4.74 Å². The summed E-state index contributed by atoms with van der Waals surface area (Å²) in [4.78, 5) is 0. The smallest absolute Gasteiger partial charge is 0.173 e. The van der Waals surface area contributed by atoms with Crippen molar-refractivity contribution in [2.24, 2.45) is 0 Å². The number of hydrogen-bond donors (Lipinski definition) is 0. The fourth-order valence-electron chi connectivity index (χ4n) is 2.65. The zero-order valence-corrected chi connectivity index (χ0v) is 13.8. The summed E-state index contributed by atoms with van der Waals surface area (Å²) in [6.07, 6.45) is 11.6. The molecule has 2 heteroatoms. The van der Waals surface area contributed by atoms with E-state index in [1.54, 1.807) is 6.08 Å². The van der Waals surface area contributed by atoms with E-state index < -0.39 is 5.60 Å². The first-order valence-corrected chi connectivity index (χ1v) is 7.75. The number of fused-ring (bicyclic) bond motifs is 2. The Labute approximate surface area is 133 Å². The predicted molar refractivity (Wildman–Crippen MR) is 91.8 cm³/mol. The molecule has 0 radical (unpaired) electrons. The summed E-state index contributed by atoms with van der Waals surface area (Å²) < 4.78 is 12.3. The number of ether oxygens (including phenoxy) is 2. The van der Waals surface area contributed by atoms with E-state index in [1.165, 1.54) is 0 Å². The second-order valence-corrected chi connectivity index (χ2v) is 5.52. The van der Waals surface area contributed by atoms with E-state index >= 15 is 0 Å². The summed E-state index contributed by atoms with van der Waals surface area (Å²) in [5.74, 6) is 1.65. The molecule has 1 aromatic rings. The zero-order chi connectivity index (χ0) is 16.2. The molecule has 2 aliphatic heterocycles. The quantitative estimate of drug-likeness (QED) is 0.545. The van der Waals surface area contributed by atoms with Crippen LogP contribution >= 0.6 is 0 Å². The van der Waals surface area contributed by atoms with E-state index in [9.17, 15) is 0 Å². The van der Waals surface area contributed by atoms with Gasteiger partial charge in [-0.1, -0.05) is 62.9 Å². The average molecular weight is 296 g/mol. The van der Waals surface area contributed by atoms with Crippen molar-refractivity contribution in [3.63, 3.8) is 0 Å². The maximum absolute atomic E-state index is 6.30. The van der Waals surface area contributed by atoms with Crippen molar-refractivity contribution in [2.75, 3.05) is 0 Å². The highest BCUT2D eigenvalue weighted by molar-refractivity contribution is 5.54. The summed E-state index contributed by atoms with van der Waals surface area (Å²) in [7, 11) is 0. The van der Waals surface area contributed by atoms with Crippen LogP contribution in [0.4, 0.5) is 0 Å². The first kappa shape index (κ1) is 16.3. The summed E-state index contributed by atoms with van der Waals surface area (Å²) in [6.45, 7) is 11.8. The maximum Gasteiger partial charge on any atom is 0.173 e. The summed E-state index contributed by atoms with van der Waals surface area (Å²) in [6, 6.07) is 8.00. The minimum atomic E-state index is -0.606. The van der Waals surface area contributed by atoms with Crippen LogP contribution in [0.15, 0.2) is 73.1 Å². The Morgan fingerprint density at radius 2 is 1.77 bits per heavy atom. The number of allylic oxidation sites excluding steroid dienone is 4. The van der Waals surface area contributed by atoms with Crippen LogP contribution in [0.2, 0.25) is 0 Å². The first-order chi connectivity index (χ1) is 10.6. The van der Waals surface area contributed by atoms with Gasteiger partial charge in [-0.25, -0.2) is 0 Å². The highest BCUT2D eigenvalue weighted by atomic mass is 16.6. The molecule has 2 nitrogen and oxygen atoms in total. The molecule has 0 aromatic heterocycles. The lowest BCUT2D eigenvalue weighted by atomic mass is 9.93. The van der Waals surface area contributed by atoms with Gasteiger partial charge in [0.1, 0.15) is 11.5 Å². The molecule has 1 aromatic carbocycles. The molecule has 0 saturated carbocycles. The first-order valence-electron chi connectivity index (χ1n) is 7.75. The van der Waals surface area contributed by atoms with Crippen LogP contribution in [0.25, 0.3) is 0 Å². The van der Waals surface area contributed by atoms with Gasteiger partial charge >= 0.3 is 0 Å². The topological polar surface area (TPSA) is 18.5 Å². The molecule has 0 saturated heterocycles. The lowest BCUT2D eigenvalue weighted by Gasteiger charge is -2.28. The van der Waals surface area contributed by atoms with Gasteiger partial charge in [0.15, 0.2) is 5.60 Å². The van der Waals surface area contributed by atoms with Crippen molar-refractivity contribution in [3.05, 3.63) is 78.6 Å². The molecule has 0 bridgehead atoms. The van der Waals surface area contributed by atoms with Gasteiger partial charge in [0.25, 0.3) is 0 Å². The molecule has 1 spiro atoms. The van der Waals surface area contributed by atoms with Crippen LogP contribution in [0.1, 0.15) is 33.3 Å². The van der Waals surface area contributed by atoms with Crippen LogP contribution in [-0.4, -0.2) is 5.60 Å². The third-order valence-corrected chi connectivity index (χ3v) is 3.51. The summed E-state index contributed by atoms with van der Waals surface area (Å²) in [5.41, 5.74) is 0.147. The Bertz CT molecular complexity index is 635. The van der Waals surface area contributed by atoms with Crippen LogP contribution in [0.5, 0.6) is 5.75 Å². The summed E-state index contributed by atoms with van der Waals surface area (Å²) in [5, 5.41) is 0. The second-order valence-electron chi connectivity index (χ2n) is 5.52. The fourth-order valence-corrected chi connectivity index (χ4v) is 2.65. The lowest BCUT2D eigenvalue weighted by Crippen LogP contribution is -2.31. The van der Waals surface area contributed by atoms with E-state index in [0.717, 1.165) is 17.1 Å². The van der Waals surface area contributed by atoms with Gasteiger partial charge in [-0.2, -0.15) is 0 Å². The molecule has 22 heavy (non-hydrogen) atoms. The van der Waals surface area contributed by atoms with Gasteiger partial charge < -0.3 is 9.47 Å². The highest BCUT2D eigenvalue weighted by Crippen LogP contribution is 2.52. The van der Waals surface area contributed by atoms with E-state index in [2.05, 4.69) is 38.6 Å². The Morgan fingerprint density at radius 3 is 2.41 bits per heavy atom. The standard InChI is InChI=1S/C18H18O2.C2H6/c1-4-5-6-11-16-18(13-12-17(2,3)20-18)14-9-7-8-10-15(14)19-16;1-2/h4-13H,1H2,2-3H3;1-2H3/b6-5-,16-11-;. The molecule has 3 rings (SSSR count).